The number of rotatable bonds is 11. The summed E-state index contributed by atoms with van der Waals surface area (Å²) in [5.41, 5.74) is 4.29. The molecular formula is C35H49N3O3SSi. The highest BCUT2D eigenvalue weighted by molar-refractivity contribution is 7.13. The van der Waals surface area contributed by atoms with Gasteiger partial charge in [-0.3, -0.25) is 14.6 Å². The van der Waals surface area contributed by atoms with Crippen LogP contribution in [0.5, 0.6) is 5.75 Å². The van der Waals surface area contributed by atoms with Gasteiger partial charge in [-0.05, 0) is 62.2 Å². The van der Waals surface area contributed by atoms with E-state index in [-0.39, 0.29) is 23.5 Å². The number of aromatic nitrogens is 1. The average Bonchev–Trinajstić information content (AvgIpc) is 3.40. The Kier molecular flexibility index (Phi) is 10.7. The van der Waals surface area contributed by atoms with Crippen LogP contribution in [0.3, 0.4) is 0 Å². The number of hydrogen-bond donors (Lipinski definition) is 0. The Morgan fingerprint density at radius 2 is 1.84 bits per heavy atom. The molecule has 0 unspecified atom stereocenters. The third-order valence-corrected chi connectivity index (χ3v) is 14.2. The van der Waals surface area contributed by atoms with Crippen molar-refractivity contribution >= 4 is 25.6 Å². The van der Waals surface area contributed by atoms with E-state index in [2.05, 4.69) is 113 Å². The summed E-state index contributed by atoms with van der Waals surface area (Å²) in [7, 11) is -1.99. The molecule has 0 spiro atoms. The third kappa shape index (κ3) is 8.04. The van der Waals surface area contributed by atoms with Gasteiger partial charge in [0.1, 0.15) is 10.8 Å². The number of carbonyl (C=O) groups is 1. The first-order chi connectivity index (χ1) is 20.3. The molecule has 3 atom stereocenters. The van der Waals surface area contributed by atoms with Crippen LogP contribution in [-0.4, -0.2) is 67.4 Å². The Bertz CT molecular complexity index is 1380. The lowest BCUT2D eigenvalue weighted by molar-refractivity contribution is -0.142. The van der Waals surface area contributed by atoms with Crippen LogP contribution < -0.4 is 4.43 Å². The molecule has 0 N–H and O–H groups in total. The fourth-order valence-corrected chi connectivity index (χ4v) is 7.31. The molecule has 232 valence electrons. The number of carbonyl (C=O) groups excluding carboxylic acids is 1. The smallest absolute Gasteiger partial charge is 0.311 e. The maximum atomic E-state index is 11.9. The van der Waals surface area contributed by atoms with Gasteiger partial charge in [-0.2, -0.15) is 0 Å². The molecule has 6 nitrogen and oxygen atoms in total. The summed E-state index contributed by atoms with van der Waals surface area (Å²) < 4.78 is 11.9. The van der Waals surface area contributed by atoms with Crippen LogP contribution in [-0.2, 0) is 16.0 Å². The predicted octanol–water partition coefficient (Wildman–Crippen LogP) is 7.97. The molecule has 43 heavy (non-hydrogen) atoms. The highest BCUT2D eigenvalue weighted by Crippen LogP contribution is 2.40. The molecule has 1 fully saturated rings. The molecule has 2 aromatic carbocycles. The van der Waals surface area contributed by atoms with Crippen molar-refractivity contribution in [1.82, 2.24) is 14.8 Å². The molecule has 1 aliphatic rings. The highest BCUT2D eigenvalue weighted by atomic mass is 32.1. The molecule has 0 saturated carbocycles. The predicted molar refractivity (Wildman–Crippen MR) is 181 cm³/mol. The van der Waals surface area contributed by atoms with Crippen LogP contribution >= 0.6 is 11.3 Å². The van der Waals surface area contributed by atoms with Crippen LogP contribution in [0.4, 0.5) is 0 Å². The maximum absolute atomic E-state index is 11.9. The topological polar surface area (TPSA) is 54.9 Å². The van der Waals surface area contributed by atoms with Gasteiger partial charge in [-0.1, -0.05) is 63.2 Å². The molecule has 3 aromatic rings. The van der Waals surface area contributed by atoms with Gasteiger partial charge in [0.05, 0.1) is 24.8 Å². The summed E-state index contributed by atoms with van der Waals surface area (Å²) in [5.74, 6) is 0.711. The fourth-order valence-electron chi connectivity index (χ4n) is 5.46. The summed E-state index contributed by atoms with van der Waals surface area (Å²) in [6.45, 7) is 25.1. The lowest BCUT2D eigenvalue weighted by Gasteiger charge is -2.47. The first-order valence-electron chi connectivity index (χ1n) is 15.4. The van der Waals surface area contributed by atoms with Crippen LogP contribution in [0, 0.1) is 0 Å². The summed E-state index contributed by atoms with van der Waals surface area (Å²) >= 11 is 1.56. The van der Waals surface area contributed by atoms with E-state index < -0.39 is 8.32 Å². The van der Waals surface area contributed by atoms with E-state index in [4.69, 9.17) is 14.1 Å². The van der Waals surface area contributed by atoms with Crippen molar-refractivity contribution in [1.29, 1.82) is 0 Å². The second kappa shape index (κ2) is 13.9. The van der Waals surface area contributed by atoms with Gasteiger partial charge >= 0.3 is 5.97 Å². The van der Waals surface area contributed by atoms with E-state index in [0.29, 0.717) is 18.7 Å². The van der Waals surface area contributed by atoms with Crippen molar-refractivity contribution in [3.8, 4) is 16.3 Å². The van der Waals surface area contributed by atoms with Crippen molar-refractivity contribution in [3.63, 3.8) is 0 Å². The van der Waals surface area contributed by atoms with Crippen molar-refractivity contribution < 1.29 is 14.0 Å². The Morgan fingerprint density at radius 1 is 1.12 bits per heavy atom. The minimum atomic E-state index is -1.99. The third-order valence-electron chi connectivity index (χ3n) is 8.87. The number of piperazine rings is 1. The van der Waals surface area contributed by atoms with Crippen molar-refractivity contribution in [2.75, 3.05) is 26.2 Å². The molecule has 0 amide bonds. The molecule has 0 radical (unpaired) electrons. The highest BCUT2D eigenvalue weighted by Gasteiger charge is 2.39. The number of benzene rings is 2. The molecule has 0 bridgehead atoms. The second-order valence-corrected chi connectivity index (χ2v) is 18.8. The second-order valence-electron chi connectivity index (χ2n) is 13.2. The minimum Gasteiger partial charge on any atom is -0.543 e. The van der Waals surface area contributed by atoms with Crippen molar-refractivity contribution in [2.24, 2.45) is 0 Å². The minimum absolute atomic E-state index is 0.0796. The van der Waals surface area contributed by atoms with Gasteiger partial charge in [0.15, 0.2) is 0 Å². The van der Waals surface area contributed by atoms with E-state index in [0.717, 1.165) is 41.6 Å². The SMILES string of the molecule is C=CCN1C[C@H](C)N([C@H](c2ccc(-c3nc(CC(=O)OCC)cs3)cc2)c2cccc(O[Si](C)(C)C(C)(C)C)c2)C[C@H]1C. The van der Waals surface area contributed by atoms with E-state index in [1.54, 1.807) is 11.3 Å². The zero-order valence-electron chi connectivity index (χ0n) is 27.2. The summed E-state index contributed by atoms with van der Waals surface area (Å²) in [6, 6.07) is 18.4. The Balaban J connectivity index is 1.67. The van der Waals surface area contributed by atoms with Crippen LogP contribution in [0.1, 0.15) is 64.4 Å². The summed E-state index contributed by atoms with van der Waals surface area (Å²) in [6.07, 6.45) is 2.21. The maximum Gasteiger partial charge on any atom is 0.311 e. The normalized spacial score (nSPS) is 19.2. The lowest BCUT2D eigenvalue weighted by atomic mass is 9.93. The molecule has 1 saturated heterocycles. The van der Waals surface area contributed by atoms with Crippen LogP contribution in [0.15, 0.2) is 66.6 Å². The van der Waals surface area contributed by atoms with E-state index in [1.165, 1.54) is 11.1 Å². The van der Waals surface area contributed by atoms with Gasteiger partial charge in [0, 0.05) is 42.7 Å². The summed E-state index contributed by atoms with van der Waals surface area (Å²) in [4.78, 5) is 21.8. The molecule has 8 heteroatoms. The zero-order chi connectivity index (χ0) is 31.4. The molecule has 1 aromatic heterocycles. The molecule has 2 heterocycles. The van der Waals surface area contributed by atoms with Gasteiger partial charge in [0.2, 0.25) is 8.32 Å². The van der Waals surface area contributed by atoms with E-state index in [9.17, 15) is 4.79 Å². The van der Waals surface area contributed by atoms with E-state index >= 15 is 0 Å². The largest absolute Gasteiger partial charge is 0.543 e. The molecule has 1 aliphatic heterocycles. The summed E-state index contributed by atoms with van der Waals surface area (Å²) in [5, 5.41) is 2.98. The van der Waals surface area contributed by atoms with Crippen molar-refractivity contribution in [3.05, 3.63) is 83.4 Å². The molecule has 4 rings (SSSR count). The molecule has 0 aliphatic carbocycles. The van der Waals surface area contributed by atoms with Gasteiger partial charge < -0.3 is 9.16 Å². The number of thiazole rings is 1. The first kappa shape index (κ1) is 33.1. The number of esters is 1. The number of hydrogen-bond acceptors (Lipinski definition) is 7. The standard InChI is InChI=1S/C35H49N3O3SSi/c1-10-19-37-22-26(4)38(23-25(37)3)33(29-13-12-14-31(20-29)41-43(8,9)35(5,6)7)27-15-17-28(18-16-27)34-36-30(24-42-34)21-32(39)40-11-2/h10,12-18,20,24-26,33H,1,11,19,21-23H2,2-9H3/t25-,26+,33-/m1/s1. The fraction of sp³-hybridized carbons (Fsp3) is 0.486. The Labute approximate surface area is 263 Å². The average molecular weight is 620 g/mol. The molecular weight excluding hydrogens is 571 g/mol. The number of ether oxygens (including phenoxy) is 1. The first-order valence-corrected chi connectivity index (χ1v) is 19.2. The quantitative estimate of drug-likeness (QED) is 0.123. The van der Waals surface area contributed by atoms with Crippen LogP contribution in [0.2, 0.25) is 18.1 Å². The van der Waals surface area contributed by atoms with Crippen molar-refractivity contribution in [2.45, 2.75) is 84.2 Å². The monoisotopic (exact) mass is 619 g/mol. The van der Waals surface area contributed by atoms with Crippen LogP contribution in [0.25, 0.3) is 10.6 Å². The van der Waals surface area contributed by atoms with Gasteiger partial charge in [0.25, 0.3) is 0 Å². The Morgan fingerprint density at radius 3 is 2.49 bits per heavy atom. The zero-order valence-corrected chi connectivity index (χ0v) is 29.0. The lowest BCUT2D eigenvalue weighted by Crippen LogP contribution is -2.57. The number of nitrogens with zero attached hydrogens (tertiary/aromatic N) is 3. The van der Waals surface area contributed by atoms with Gasteiger partial charge in [-0.15, -0.1) is 17.9 Å². The van der Waals surface area contributed by atoms with E-state index in [1.807, 2.05) is 18.4 Å². The Hall–Kier alpha value is -2.78. The van der Waals surface area contributed by atoms with Gasteiger partial charge in [-0.25, -0.2) is 4.98 Å².